The topological polar surface area (TPSA) is 64.6 Å². The van der Waals surface area contributed by atoms with Crippen molar-refractivity contribution < 1.29 is 19.1 Å². The van der Waals surface area contributed by atoms with Gasteiger partial charge in [-0.25, -0.2) is 0 Å². The minimum Gasteiger partial charge on any atom is -0.497 e. The molecule has 38 heavy (non-hydrogen) atoms. The first-order valence-electron chi connectivity index (χ1n) is 13.2. The van der Waals surface area contributed by atoms with E-state index in [2.05, 4.69) is 5.32 Å². The second-order valence-electron chi connectivity index (χ2n) is 10.4. The fraction of sp³-hybridized carbons (Fsp3) is 0.273. The van der Waals surface area contributed by atoms with E-state index < -0.39 is 0 Å². The smallest absolute Gasteiger partial charge is 0.162 e. The Hall–Kier alpha value is -4.12. The number of nitrogens with one attached hydrogen (secondary N) is 1. The van der Waals surface area contributed by atoms with Gasteiger partial charge in [0.1, 0.15) is 11.5 Å². The lowest BCUT2D eigenvalue weighted by Crippen LogP contribution is -2.38. The first-order valence-corrected chi connectivity index (χ1v) is 13.2. The van der Waals surface area contributed by atoms with Crippen LogP contribution in [0.1, 0.15) is 60.1 Å². The van der Waals surface area contributed by atoms with Crippen molar-refractivity contribution in [1.82, 2.24) is 5.32 Å². The molecule has 1 aliphatic heterocycles. The minimum atomic E-state index is -0.323. The molecule has 5 heteroatoms. The van der Waals surface area contributed by atoms with Gasteiger partial charge in [-0.15, -0.1) is 0 Å². The van der Waals surface area contributed by atoms with Crippen molar-refractivity contribution in [2.75, 3.05) is 14.2 Å². The Morgan fingerprint density at radius 3 is 1.45 bits per heavy atom. The molecule has 0 amide bonds. The molecule has 1 N–H and O–H groups in total. The summed E-state index contributed by atoms with van der Waals surface area (Å²) in [6.07, 6.45) is 2.33. The third-order valence-electron chi connectivity index (χ3n) is 8.20. The van der Waals surface area contributed by atoms with Crippen molar-refractivity contribution in [3.8, 4) is 11.5 Å². The van der Waals surface area contributed by atoms with E-state index in [4.69, 9.17) is 9.47 Å². The monoisotopic (exact) mass is 505 g/mol. The lowest BCUT2D eigenvalue weighted by molar-refractivity contribution is -0.117. The highest BCUT2D eigenvalue weighted by Crippen LogP contribution is 2.49. The summed E-state index contributed by atoms with van der Waals surface area (Å²) in [5.41, 5.74) is 6.68. The van der Waals surface area contributed by atoms with Gasteiger partial charge in [-0.05, 0) is 65.6 Å². The van der Waals surface area contributed by atoms with Crippen LogP contribution in [0.25, 0.3) is 0 Å². The number of dihydropyridines is 1. The zero-order valence-electron chi connectivity index (χ0n) is 21.7. The molecular formula is C33H31NO4. The maximum atomic E-state index is 13.8. The predicted octanol–water partition coefficient (Wildman–Crippen LogP) is 6.19. The third-order valence-corrected chi connectivity index (χ3v) is 8.20. The number of carbonyl (C=O) groups is 2. The molecule has 0 radical (unpaired) electrons. The van der Waals surface area contributed by atoms with Crippen LogP contribution in [0, 0.1) is 0 Å². The van der Waals surface area contributed by atoms with E-state index in [-0.39, 0.29) is 29.3 Å². The molecule has 2 atom stereocenters. The molecule has 0 fully saturated rings. The number of ketones is 2. The highest BCUT2D eigenvalue weighted by molar-refractivity contribution is 6.07. The van der Waals surface area contributed by atoms with Crippen LogP contribution in [-0.2, 0) is 9.59 Å². The van der Waals surface area contributed by atoms with Gasteiger partial charge >= 0.3 is 0 Å². The van der Waals surface area contributed by atoms with E-state index >= 15 is 0 Å². The van der Waals surface area contributed by atoms with Gasteiger partial charge in [0.2, 0.25) is 0 Å². The molecule has 5 nitrogen and oxygen atoms in total. The molecular weight excluding hydrogens is 474 g/mol. The van der Waals surface area contributed by atoms with Crippen LogP contribution < -0.4 is 14.8 Å². The van der Waals surface area contributed by atoms with E-state index in [1.54, 1.807) is 14.2 Å². The summed E-state index contributed by atoms with van der Waals surface area (Å²) in [5.74, 6) is 1.67. The van der Waals surface area contributed by atoms with Gasteiger partial charge in [0.15, 0.2) is 11.6 Å². The molecule has 0 saturated carbocycles. The van der Waals surface area contributed by atoms with Crippen LogP contribution >= 0.6 is 0 Å². The summed E-state index contributed by atoms with van der Waals surface area (Å²) in [6.45, 7) is 0. The Kier molecular flexibility index (Phi) is 6.36. The standard InChI is InChI=1S/C33H31NO4/c1-37-25-12-8-20(9-13-25)23-16-27-32(29(35)18-23)31(22-6-4-3-5-7-22)33-28(34-27)17-24(19-30(33)36)21-10-14-26(38-2)15-11-21/h3-15,23-24,31,34H,16-19H2,1-2H3. The van der Waals surface area contributed by atoms with Gasteiger partial charge in [-0.1, -0.05) is 54.6 Å². The number of methoxy groups -OCH3 is 2. The van der Waals surface area contributed by atoms with E-state index in [0.29, 0.717) is 12.8 Å². The molecule has 192 valence electrons. The normalized spacial score (nSPS) is 22.9. The molecule has 0 saturated heterocycles. The molecule has 1 heterocycles. The largest absolute Gasteiger partial charge is 0.497 e. The van der Waals surface area contributed by atoms with Crippen LogP contribution in [-0.4, -0.2) is 25.8 Å². The van der Waals surface area contributed by atoms with Gasteiger partial charge in [0.25, 0.3) is 0 Å². The van der Waals surface area contributed by atoms with Crippen LogP contribution in [0.2, 0.25) is 0 Å². The summed E-state index contributed by atoms with van der Waals surface area (Å²) in [5, 5.41) is 3.63. The number of hydrogen-bond acceptors (Lipinski definition) is 5. The van der Waals surface area contributed by atoms with Crippen LogP contribution in [0.3, 0.4) is 0 Å². The predicted molar refractivity (Wildman–Crippen MR) is 146 cm³/mol. The number of Topliss-reactive ketones (excluding diaryl/α,β-unsaturated/α-hetero) is 2. The van der Waals surface area contributed by atoms with E-state index in [1.807, 2.05) is 78.9 Å². The number of rotatable bonds is 5. The number of hydrogen-bond donors (Lipinski definition) is 1. The van der Waals surface area contributed by atoms with Gasteiger partial charge in [0, 0.05) is 41.3 Å². The average molecular weight is 506 g/mol. The summed E-state index contributed by atoms with van der Waals surface area (Å²) in [4.78, 5) is 27.6. The maximum Gasteiger partial charge on any atom is 0.162 e. The Morgan fingerprint density at radius 2 is 1.03 bits per heavy atom. The van der Waals surface area contributed by atoms with E-state index in [0.717, 1.165) is 63.6 Å². The fourth-order valence-electron chi connectivity index (χ4n) is 6.30. The van der Waals surface area contributed by atoms with Gasteiger partial charge < -0.3 is 14.8 Å². The highest BCUT2D eigenvalue weighted by atomic mass is 16.5. The first-order chi connectivity index (χ1) is 18.6. The lowest BCUT2D eigenvalue weighted by Gasteiger charge is -2.40. The summed E-state index contributed by atoms with van der Waals surface area (Å²) < 4.78 is 10.6. The summed E-state index contributed by atoms with van der Waals surface area (Å²) >= 11 is 0. The second kappa shape index (κ2) is 9.97. The maximum absolute atomic E-state index is 13.8. The zero-order chi connectivity index (χ0) is 26.2. The molecule has 0 spiro atoms. The lowest BCUT2D eigenvalue weighted by atomic mass is 9.67. The van der Waals surface area contributed by atoms with Crippen molar-refractivity contribution in [1.29, 1.82) is 0 Å². The Bertz CT molecular complexity index is 1340. The van der Waals surface area contributed by atoms with Gasteiger partial charge in [0.05, 0.1) is 14.2 Å². The average Bonchev–Trinajstić information content (AvgIpc) is 2.96. The molecule has 3 aliphatic rings. The SMILES string of the molecule is COc1ccc(C2CC(=O)C3=C(C2)NC2=C(C(=O)CC(c4ccc(OC)cc4)C2)C3c2ccccc2)cc1. The minimum absolute atomic E-state index is 0.0786. The quantitative estimate of drug-likeness (QED) is 0.448. The highest BCUT2D eigenvalue weighted by Gasteiger charge is 2.43. The van der Waals surface area contributed by atoms with Crippen LogP contribution in [0.5, 0.6) is 11.5 Å². The first kappa shape index (κ1) is 24.2. The molecule has 0 bridgehead atoms. The fourth-order valence-corrected chi connectivity index (χ4v) is 6.30. The van der Waals surface area contributed by atoms with Crippen LogP contribution in [0.4, 0.5) is 0 Å². The van der Waals surface area contributed by atoms with Crippen molar-refractivity contribution in [2.45, 2.75) is 43.4 Å². The molecule has 0 aromatic heterocycles. The van der Waals surface area contributed by atoms with Crippen LogP contribution in [0.15, 0.2) is 101 Å². The molecule has 2 aliphatic carbocycles. The summed E-state index contributed by atoms with van der Waals surface area (Å²) in [7, 11) is 3.31. The third kappa shape index (κ3) is 4.32. The molecule has 3 aromatic rings. The van der Waals surface area contributed by atoms with Crippen molar-refractivity contribution in [3.05, 3.63) is 118 Å². The molecule has 2 unspecified atom stereocenters. The van der Waals surface area contributed by atoms with E-state index in [9.17, 15) is 9.59 Å². The summed E-state index contributed by atoms with van der Waals surface area (Å²) in [6, 6.07) is 26.0. The number of allylic oxidation sites excluding steroid dienone is 4. The number of benzene rings is 3. The number of carbonyl (C=O) groups excluding carboxylic acids is 2. The van der Waals surface area contributed by atoms with Gasteiger partial charge in [-0.2, -0.15) is 0 Å². The van der Waals surface area contributed by atoms with Crippen molar-refractivity contribution >= 4 is 11.6 Å². The Labute approximate surface area is 223 Å². The Balaban J connectivity index is 1.38. The van der Waals surface area contributed by atoms with Crippen molar-refractivity contribution in [3.63, 3.8) is 0 Å². The van der Waals surface area contributed by atoms with E-state index in [1.165, 1.54) is 0 Å². The van der Waals surface area contributed by atoms with Gasteiger partial charge in [-0.3, -0.25) is 9.59 Å². The Morgan fingerprint density at radius 1 is 0.579 bits per heavy atom. The molecule has 6 rings (SSSR count). The number of ether oxygens (including phenoxy) is 2. The second-order valence-corrected chi connectivity index (χ2v) is 10.4. The zero-order valence-corrected chi connectivity index (χ0v) is 21.7. The van der Waals surface area contributed by atoms with Crippen molar-refractivity contribution in [2.24, 2.45) is 0 Å². The molecule has 3 aromatic carbocycles.